The molecule has 1 nitrogen and oxygen atoms in total. The zero-order valence-electron chi connectivity index (χ0n) is 35.4. The predicted octanol–water partition coefficient (Wildman–Crippen LogP) is 12.0. The van der Waals surface area contributed by atoms with Gasteiger partial charge in [-0.25, -0.2) is 0 Å². The molecule has 9 rings (SSSR count). The van der Waals surface area contributed by atoms with E-state index in [0.29, 0.717) is 11.0 Å². The maximum absolute atomic E-state index is 9.28. The normalized spacial score (nSPS) is 16.0. The summed E-state index contributed by atoms with van der Waals surface area (Å²) in [5, 5.41) is 2.68. The summed E-state index contributed by atoms with van der Waals surface area (Å²) in [7, 11) is 0. The minimum absolute atomic E-state index is 0.0181. The van der Waals surface area contributed by atoms with Crippen molar-refractivity contribution < 1.29 is 22.2 Å². The van der Waals surface area contributed by atoms with Gasteiger partial charge in [0.15, 0.2) is 0 Å². The third-order valence-corrected chi connectivity index (χ3v) is 7.97. The molecule has 200 valence electrons. The van der Waals surface area contributed by atoms with E-state index in [1.54, 1.807) is 12.1 Å². The molecule has 0 saturated heterocycles. The molecule has 0 bridgehead atoms. The van der Waals surface area contributed by atoms with Crippen LogP contribution in [0.1, 0.15) is 17.8 Å². The Morgan fingerprint density at radius 3 is 1.79 bits per heavy atom. The standard InChI is InChI=1S/C42H26O/c1-2-12-28(13-3-1)40-32-15-6-8-17-34(32)41(35-18-9-7-16-33(35)40)37-20-10-19-36-38-26-31(23-24-39(38)43-42(36)37)30-22-21-27-11-4-5-14-29(27)25-30/h1-26H/i1D,2D,3D,6D,7D,8D,9D,12D,13D,15D,16D,17D,18D. The van der Waals surface area contributed by atoms with E-state index in [4.69, 9.17) is 16.8 Å². The monoisotopic (exact) mass is 559 g/mol. The lowest BCUT2D eigenvalue weighted by Gasteiger charge is -2.17. The molecule has 0 aliphatic rings. The quantitative estimate of drug-likeness (QED) is 0.196. The van der Waals surface area contributed by atoms with E-state index in [2.05, 4.69) is 6.07 Å². The molecule has 0 radical (unpaired) electrons. The molecule has 0 N–H and O–H groups in total. The first-order valence-electron chi connectivity index (χ1n) is 20.2. The Labute approximate surface area is 267 Å². The Morgan fingerprint density at radius 2 is 1.05 bits per heavy atom. The Morgan fingerprint density at radius 1 is 0.419 bits per heavy atom. The largest absolute Gasteiger partial charge is 0.455 e. The lowest BCUT2D eigenvalue weighted by Crippen LogP contribution is -1.90. The average molecular weight is 560 g/mol. The third-order valence-electron chi connectivity index (χ3n) is 7.97. The topological polar surface area (TPSA) is 13.1 Å². The summed E-state index contributed by atoms with van der Waals surface area (Å²) in [4.78, 5) is 0. The van der Waals surface area contributed by atoms with Crippen molar-refractivity contribution in [2.45, 2.75) is 0 Å². The van der Waals surface area contributed by atoms with Crippen LogP contribution < -0.4 is 0 Å². The molecule has 43 heavy (non-hydrogen) atoms. The van der Waals surface area contributed by atoms with E-state index >= 15 is 0 Å². The van der Waals surface area contributed by atoms with Crippen LogP contribution in [0.2, 0.25) is 0 Å². The van der Waals surface area contributed by atoms with Crippen LogP contribution in [0, 0.1) is 0 Å². The van der Waals surface area contributed by atoms with Crippen LogP contribution in [0.25, 0.3) is 87.6 Å². The third kappa shape index (κ3) is 3.72. The number of rotatable bonds is 3. The van der Waals surface area contributed by atoms with Gasteiger partial charge in [-0.3, -0.25) is 0 Å². The highest BCUT2D eigenvalue weighted by molar-refractivity contribution is 6.24. The SMILES string of the molecule is [2H]c1c([2H])c([2H])c(-c2c3c([2H])c([2H])c([2H])c([2H])c3c(-c3cccc4c3oc3ccc(-c5ccc6ccccc6c5)cc34)c3c([2H])c([2H])c([2H])c([2H])c23)c([2H])c1[2H]. The van der Waals surface area contributed by atoms with E-state index in [1.807, 2.05) is 60.7 Å². The molecule has 0 saturated carbocycles. The second-order valence-electron chi connectivity index (χ2n) is 10.3. The second-order valence-corrected chi connectivity index (χ2v) is 10.3. The van der Waals surface area contributed by atoms with Gasteiger partial charge in [0.1, 0.15) is 11.2 Å². The van der Waals surface area contributed by atoms with Crippen LogP contribution in [-0.2, 0) is 0 Å². The molecule has 0 aliphatic heterocycles. The fourth-order valence-electron chi connectivity index (χ4n) is 6.06. The zero-order valence-corrected chi connectivity index (χ0v) is 22.4. The molecule has 0 amide bonds. The van der Waals surface area contributed by atoms with Crippen LogP contribution in [-0.4, -0.2) is 0 Å². The van der Waals surface area contributed by atoms with Crippen molar-refractivity contribution in [2.75, 3.05) is 0 Å². The molecule has 1 heteroatoms. The highest BCUT2D eigenvalue weighted by atomic mass is 16.3. The van der Waals surface area contributed by atoms with Crippen LogP contribution >= 0.6 is 0 Å². The molecule has 0 fully saturated rings. The fraction of sp³-hybridized carbons (Fsp3) is 0. The Bertz CT molecular complexity index is 3130. The average Bonchev–Trinajstić information content (AvgIpc) is 3.59. The number of furan rings is 1. The molecule has 1 aromatic heterocycles. The van der Waals surface area contributed by atoms with Crippen LogP contribution in [0.4, 0.5) is 0 Å². The van der Waals surface area contributed by atoms with Crippen molar-refractivity contribution in [1.29, 1.82) is 0 Å². The highest BCUT2D eigenvalue weighted by Gasteiger charge is 2.20. The first-order valence-corrected chi connectivity index (χ1v) is 13.7. The summed E-state index contributed by atoms with van der Waals surface area (Å²) in [6.45, 7) is 0. The summed E-state index contributed by atoms with van der Waals surface area (Å²) >= 11 is 0. The van der Waals surface area contributed by atoms with Gasteiger partial charge in [0, 0.05) is 21.9 Å². The van der Waals surface area contributed by atoms with E-state index in [0.717, 1.165) is 27.3 Å². The van der Waals surface area contributed by atoms with Crippen molar-refractivity contribution in [1.82, 2.24) is 0 Å². The Hall–Kier alpha value is -5.66. The lowest BCUT2D eigenvalue weighted by atomic mass is 9.85. The first kappa shape index (κ1) is 14.5. The molecule has 9 aromatic rings. The number of fused-ring (bicyclic) bond motifs is 6. The number of para-hydroxylation sites is 1. The Kier molecular flexibility index (Phi) is 3.18. The van der Waals surface area contributed by atoms with Gasteiger partial charge < -0.3 is 4.42 Å². The van der Waals surface area contributed by atoms with Gasteiger partial charge >= 0.3 is 0 Å². The summed E-state index contributed by atoms with van der Waals surface area (Å²) < 4.78 is 121. The summed E-state index contributed by atoms with van der Waals surface area (Å²) in [5.74, 6) is 0. The number of hydrogen-bond donors (Lipinski definition) is 0. The zero-order chi connectivity index (χ0) is 39.6. The van der Waals surface area contributed by atoms with Gasteiger partial charge in [0.05, 0.1) is 17.8 Å². The Balaban J connectivity index is 1.47. The van der Waals surface area contributed by atoms with E-state index < -0.39 is 84.1 Å². The predicted molar refractivity (Wildman–Crippen MR) is 183 cm³/mol. The van der Waals surface area contributed by atoms with Crippen LogP contribution in [0.15, 0.2) is 162 Å². The molecular formula is C42H26O. The minimum Gasteiger partial charge on any atom is -0.455 e. The van der Waals surface area contributed by atoms with E-state index in [9.17, 15) is 5.48 Å². The van der Waals surface area contributed by atoms with Gasteiger partial charge in [-0.1, -0.05) is 139 Å². The molecule has 0 atom stereocenters. The van der Waals surface area contributed by atoms with E-state index in [1.165, 1.54) is 0 Å². The maximum Gasteiger partial charge on any atom is 0.143 e. The number of hydrogen-bond acceptors (Lipinski definition) is 1. The molecule has 0 spiro atoms. The van der Waals surface area contributed by atoms with Gasteiger partial charge in [0.25, 0.3) is 0 Å². The van der Waals surface area contributed by atoms with Crippen LogP contribution in [0.5, 0.6) is 0 Å². The fourth-order valence-corrected chi connectivity index (χ4v) is 6.06. The van der Waals surface area contributed by atoms with Crippen molar-refractivity contribution in [3.05, 3.63) is 157 Å². The summed E-state index contributed by atoms with van der Waals surface area (Å²) in [6, 6.07) is 16.7. The van der Waals surface area contributed by atoms with E-state index in [-0.39, 0.29) is 43.8 Å². The van der Waals surface area contributed by atoms with Gasteiger partial charge in [0.2, 0.25) is 0 Å². The minimum atomic E-state index is -0.719. The van der Waals surface area contributed by atoms with Crippen molar-refractivity contribution in [3.63, 3.8) is 0 Å². The second kappa shape index (κ2) is 9.44. The molecule has 0 unspecified atom stereocenters. The molecule has 1 heterocycles. The summed E-state index contributed by atoms with van der Waals surface area (Å²) in [6.07, 6.45) is 0. The molecule has 0 aliphatic carbocycles. The van der Waals surface area contributed by atoms with Crippen molar-refractivity contribution in [3.8, 4) is 33.4 Å². The van der Waals surface area contributed by atoms with Crippen molar-refractivity contribution in [2.24, 2.45) is 0 Å². The van der Waals surface area contributed by atoms with Gasteiger partial charge in [-0.05, 0) is 72.8 Å². The highest BCUT2D eigenvalue weighted by Crippen LogP contribution is 2.46. The smallest absolute Gasteiger partial charge is 0.143 e. The first-order chi connectivity index (χ1) is 26.7. The number of benzene rings is 8. The van der Waals surface area contributed by atoms with Gasteiger partial charge in [-0.15, -0.1) is 0 Å². The van der Waals surface area contributed by atoms with Gasteiger partial charge in [-0.2, -0.15) is 0 Å². The maximum atomic E-state index is 9.28. The van der Waals surface area contributed by atoms with Crippen molar-refractivity contribution >= 4 is 54.3 Å². The van der Waals surface area contributed by atoms with Crippen LogP contribution in [0.3, 0.4) is 0 Å². The summed E-state index contributed by atoms with van der Waals surface area (Å²) in [5.41, 5.74) is 2.18. The molecule has 8 aromatic carbocycles. The lowest BCUT2D eigenvalue weighted by molar-refractivity contribution is 0.670. The molecular weight excluding hydrogens is 520 g/mol.